The summed E-state index contributed by atoms with van der Waals surface area (Å²) in [6.07, 6.45) is 26.5. The fraction of sp³-hybridized carbons (Fsp3) is 0.679. The Morgan fingerprint density at radius 3 is 1.93 bits per heavy atom. The molecule has 0 amide bonds. The van der Waals surface area contributed by atoms with Crippen LogP contribution in [0.2, 0.25) is 0 Å². The Bertz CT molecular complexity index is 605. The largest absolute Gasteiger partial charge is 0.334 e. The standard InChI is InChI=1S/C28H46N2/c1-3-5-7-9-10-12-17-21-28(30-23-22-29-25-30)27(20-16-11-8-6-4-2)24-26-18-14-13-15-19-26/h13-15,18-19,22-23,25,27-28H,3-12,16-17,20-21,24H2,1-2H3. The van der Waals surface area contributed by atoms with Gasteiger partial charge in [0.25, 0.3) is 0 Å². The van der Waals surface area contributed by atoms with E-state index in [0.29, 0.717) is 12.0 Å². The van der Waals surface area contributed by atoms with E-state index in [-0.39, 0.29) is 0 Å². The van der Waals surface area contributed by atoms with Gasteiger partial charge in [0.05, 0.1) is 6.33 Å². The quantitative estimate of drug-likeness (QED) is 0.224. The minimum atomic E-state index is 0.578. The van der Waals surface area contributed by atoms with E-state index >= 15 is 0 Å². The van der Waals surface area contributed by atoms with E-state index in [1.54, 1.807) is 0 Å². The van der Waals surface area contributed by atoms with Crippen LogP contribution < -0.4 is 0 Å². The van der Waals surface area contributed by atoms with Gasteiger partial charge in [-0.1, -0.05) is 121 Å². The number of hydrogen-bond donors (Lipinski definition) is 0. The van der Waals surface area contributed by atoms with Crippen LogP contribution in [-0.4, -0.2) is 9.55 Å². The van der Waals surface area contributed by atoms with Gasteiger partial charge in [-0.05, 0) is 30.7 Å². The summed E-state index contributed by atoms with van der Waals surface area (Å²) >= 11 is 0. The Balaban J connectivity index is 1.96. The molecule has 0 saturated carbocycles. The first-order valence-electron chi connectivity index (χ1n) is 12.9. The third-order valence-electron chi connectivity index (χ3n) is 6.57. The van der Waals surface area contributed by atoms with E-state index in [2.05, 4.69) is 66.3 Å². The molecule has 1 aromatic heterocycles. The second-order valence-corrected chi connectivity index (χ2v) is 9.14. The third-order valence-corrected chi connectivity index (χ3v) is 6.57. The van der Waals surface area contributed by atoms with Crippen LogP contribution in [0.15, 0.2) is 49.1 Å². The van der Waals surface area contributed by atoms with Crippen LogP contribution in [0.3, 0.4) is 0 Å². The molecule has 1 heterocycles. The highest BCUT2D eigenvalue weighted by molar-refractivity contribution is 5.15. The average Bonchev–Trinajstić information content (AvgIpc) is 3.30. The fourth-order valence-electron chi connectivity index (χ4n) is 4.76. The van der Waals surface area contributed by atoms with Crippen LogP contribution in [0.25, 0.3) is 0 Å². The smallest absolute Gasteiger partial charge is 0.0948 e. The summed E-state index contributed by atoms with van der Waals surface area (Å²) in [5, 5.41) is 0. The highest BCUT2D eigenvalue weighted by atomic mass is 15.1. The maximum atomic E-state index is 4.39. The molecule has 2 rings (SSSR count). The van der Waals surface area contributed by atoms with Crippen molar-refractivity contribution >= 4 is 0 Å². The lowest BCUT2D eigenvalue weighted by Crippen LogP contribution is -2.21. The molecule has 0 saturated heterocycles. The predicted molar refractivity (Wildman–Crippen MR) is 131 cm³/mol. The molecule has 168 valence electrons. The van der Waals surface area contributed by atoms with Gasteiger partial charge in [0.1, 0.15) is 0 Å². The van der Waals surface area contributed by atoms with Gasteiger partial charge >= 0.3 is 0 Å². The topological polar surface area (TPSA) is 17.8 Å². The monoisotopic (exact) mass is 410 g/mol. The minimum absolute atomic E-state index is 0.578. The molecule has 0 aliphatic rings. The first kappa shape index (κ1) is 24.7. The summed E-state index contributed by atoms with van der Waals surface area (Å²) in [6.45, 7) is 4.60. The normalized spacial score (nSPS) is 13.4. The zero-order valence-electron chi connectivity index (χ0n) is 19.8. The first-order chi connectivity index (χ1) is 14.8. The molecule has 2 atom stereocenters. The summed E-state index contributed by atoms with van der Waals surface area (Å²) in [7, 11) is 0. The molecule has 0 N–H and O–H groups in total. The van der Waals surface area contributed by atoms with Crippen molar-refractivity contribution < 1.29 is 0 Å². The lowest BCUT2D eigenvalue weighted by molar-refractivity contribution is 0.275. The second-order valence-electron chi connectivity index (χ2n) is 9.14. The number of hydrogen-bond acceptors (Lipinski definition) is 1. The van der Waals surface area contributed by atoms with Gasteiger partial charge < -0.3 is 4.57 Å². The van der Waals surface area contributed by atoms with E-state index in [9.17, 15) is 0 Å². The zero-order valence-corrected chi connectivity index (χ0v) is 19.8. The number of unbranched alkanes of at least 4 members (excludes halogenated alkanes) is 10. The van der Waals surface area contributed by atoms with Crippen molar-refractivity contribution in [1.82, 2.24) is 9.55 Å². The maximum absolute atomic E-state index is 4.39. The zero-order chi connectivity index (χ0) is 21.3. The van der Waals surface area contributed by atoms with Gasteiger partial charge in [-0.25, -0.2) is 4.98 Å². The van der Waals surface area contributed by atoms with Crippen LogP contribution >= 0.6 is 0 Å². The van der Waals surface area contributed by atoms with E-state index in [4.69, 9.17) is 0 Å². The average molecular weight is 411 g/mol. The third kappa shape index (κ3) is 9.96. The van der Waals surface area contributed by atoms with Gasteiger partial charge in [-0.3, -0.25) is 0 Å². The number of imidazole rings is 1. The molecular weight excluding hydrogens is 364 g/mol. The van der Waals surface area contributed by atoms with Crippen molar-refractivity contribution in [3.63, 3.8) is 0 Å². The second kappa shape index (κ2) is 16.2. The van der Waals surface area contributed by atoms with Crippen molar-refractivity contribution in [3.05, 3.63) is 54.6 Å². The molecule has 2 heteroatoms. The van der Waals surface area contributed by atoms with Crippen molar-refractivity contribution in [1.29, 1.82) is 0 Å². The summed E-state index contributed by atoms with van der Waals surface area (Å²) in [6, 6.07) is 11.7. The Morgan fingerprint density at radius 2 is 1.33 bits per heavy atom. The van der Waals surface area contributed by atoms with E-state index in [1.165, 1.54) is 102 Å². The lowest BCUT2D eigenvalue weighted by atomic mass is 9.84. The molecule has 2 aromatic rings. The lowest BCUT2D eigenvalue weighted by Gasteiger charge is -2.29. The van der Waals surface area contributed by atoms with Crippen LogP contribution in [-0.2, 0) is 6.42 Å². The van der Waals surface area contributed by atoms with Crippen LogP contribution in [0.1, 0.15) is 115 Å². The van der Waals surface area contributed by atoms with Gasteiger partial charge in [0, 0.05) is 18.4 Å². The molecule has 0 radical (unpaired) electrons. The first-order valence-corrected chi connectivity index (χ1v) is 12.9. The molecule has 0 aliphatic carbocycles. The van der Waals surface area contributed by atoms with Crippen LogP contribution in [0.4, 0.5) is 0 Å². The number of rotatable bonds is 18. The molecular formula is C28H46N2. The molecule has 0 bridgehead atoms. The summed E-state index contributed by atoms with van der Waals surface area (Å²) < 4.78 is 2.41. The summed E-state index contributed by atoms with van der Waals surface area (Å²) in [5.41, 5.74) is 1.49. The van der Waals surface area contributed by atoms with Gasteiger partial charge in [-0.15, -0.1) is 0 Å². The van der Waals surface area contributed by atoms with Crippen molar-refractivity contribution in [2.75, 3.05) is 0 Å². The highest BCUT2D eigenvalue weighted by Crippen LogP contribution is 2.32. The van der Waals surface area contributed by atoms with E-state index < -0.39 is 0 Å². The minimum Gasteiger partial charge on any atom is -0.334 e. The molecule has 0 aliphatic heterocycles. The van der Waals surface area contributed by atoms with Crippen molar-refractivity contribution in [2.24, 2.45) is 5.92 Å². The van der Waals surface area contributed by atoms with Gasteiger partial charge in [0.15, 0.2) is 0 Å². The molecule has 2 unspecified atom stereocenters. The molecule has 0 fully saturated rings. The van der Waals surface area contributed by atoms with E-state index in [1.807, 2.05) is 6.20 Å². The summed E-state index contributed by atoms with van der Waals surface area (Å²) in [4.78, 5) is 4.39. The molecule has 1 aromatic carbocycles. The SMILES string of the molecule is CCCCCCCCCC(C(CCCCCCC)Cc1ccccc1)n1ccnc1. The Morgan fingerprint density at radius 1 is 0.733 bits per heavy atom. The Kier molecular flexibility index (Phi) is 13.3. The highest BCUT2D eigenvalue weighted by Gasteiger charge is 2.22. The van der Waals surface area contributed by atoms with E-state index in [0.717, 1.165) is 0 Å². The summed E-state index contributed by atoms with van der Waals surface area (Å²) in [5.74, 6) is 0.698. The predicted octanol–water partition coefficient (Wildman–Crippen LogP) is 8.78. The van der Waals surface area contributed by atoms with Gasteiger partial charge in [0.2, 0.25) is 0 Å². The Hall–Kier alpha value is -1.57. The number of aromatic nitrogens is 2. The molecule has 0 spiro atoms. The maximum Gasteiger partial charge on any atom is 0.0948 e. The van der Waals surface area contributed by atoms with Crippen molar-refractivity contribution in [2.45, 2.75) is 116 Å². The van der Waals surface area contributed by atoms with Crippen molar-refractivity contribution in [3.8, 4) is 0 Å². The van der Waals surface area contributed by atoms with Crippen LogP contribution in [0, 0.1) is 5.92 Å². The number of benzene rings is 1. The molecule has 2 nitrogen and oxygen atoms in total. The fourth-order valence-corrected chi connectivity index (χ4v) is 4.76. The van der Waals surface area contributed by atoms with Gasteiger partial charge in [-0.2, -0.15) is 0 Å². The van der Waals surface area contributed by atoms with Crippen LogP contribution in [0.5, 0.6) is 0 Å². The number of nitrogens with zero attached hydrogens (tertiary/aromatic N) is 2. The Labute approximate surface area is 186 Å². The molecule has 30 heavy (non-hydrogen) atoms.